The highest BCUT2D eigenvalue weighted by atomic mass is 16.2. The van der Waals surface area contributed by atoms with E-state index in [1.54, 1.807) is 0 Å². The van der Waals surface area contributed by atoms with Gasteiger partial charge in [0.05, 0.1) is 6.04 Å². The van der Waals surface area contributed by atoms with Gasteiger partial charge in [0, 0.05) is 19.1 Å². The lowest BCUT2D eigenvalue weighted by Gasteiger charge is -2.23. The lowest BCUT2D eigenvalue weighted by molar-refractivity contribution is -0.129. The fourth-order valence-corrected chi connectivity index (χ4v) is 2.00. The van der Waals surface area contributed by atoms with Crippen LogP contribution in [0.5, 0.6) is 0 Å². The molecule has 0 bridgehead atoms. The van der Waals surface area contributed by atoms with Gasteiger partial charge in [-0.15, -0.1) is 0 Å². The van der Waals surface area contributed by atoms with Crippen LogP contribution in [0.25, 0.3) is 0 Å². The molecular formula is C12H25N3O. The molecule has 1 unspecified atom stereocenters. The van der Waals surface area contributed by atoms with Crippen LogP contribution < -0.4 is 5.32 Å². The second-order valence-corrected chi connectivity index (χ2v) is 4.88. The maximum Gasteiger partial charge on any atom is 0.239 e. The summed E-state index contributed by atoms with van der Waals surface area (Å²) >= 11 is 0. The lowest BCUT2D eigenvalue weighted by atomic mass is 10.2. The third-order valence-electron chi connectivity index (χ3n) is 3.47. The zero-order valence-electron chi connectivity index (χ0n) is 11.0. The molecule has 0 radical (unpaired) electrons. The molecule has 0 aromatic rings. The van der Waals surface area contributed by atoms with Crippen molar-refractivity contribution in [1.82, 2.24) is 15.1 Å². The highest BCUT2D eigenvalue weighted by molar-refractivity contribution is 5.83. The van der Waals surface area contributed by atoms with E-state index in [0.717, 1.165) is 32.5 Å². The minimum absolute atomic E-state index is 0.0582. The Bertz CT molecular complexity index is 230. The van der Waals surface area contributed by atoms with Crippen LogP contribution in [0.2, 0.25) is 0 Å². The number of carbonyl (C=O) groups is 1. The first-order chi connectivity index (χ1) is 7.56. The van der Waals surface area contributed by atoms with Crippen LogP contribution in [-0.2, 0) is 4.79 Å². The molecule has 1 aliphatic heterocycles. The molecule has 0 saturated carbocycles. The summed E-state index contributed by atoms with van der Waals surface area (Å²) in [5.74, 6) is 0.273. The van der Waals surface area contributed by atoms with Gasteiger partial charge >= 0.3 is 0 Å². The van der Waals surface area contributed by atoms with Crippen LogP contribution in [0.4, 0.5) is 0 Å². The average molecular weight is 227 g/mol. The predicted octanol–water partition coefficient (Wildman–Crippen LogP) is 0.537. The molecule has 1 atom stereocenters. The number of nitrogens with zero attached hydrogens (tertiary/aromatic N) is 2. The molecule has 1 heterocycles. The number of likely N-dealkylation sites (N-methyl/N-ethyl adjacent to an activating group) is 1. The number of amides is 1. The number of hydrogen-bond donors (Lipinski definition) is 1. The van der Waals surface area contributed by atoms with Crippen molar-refractivity contribution >= 4 is 5.91 Å². The summed E-state index contributed by atoms with van der Waals surface area (Å²) in [5.41, 5.74) is 0. The van der Waals surface area contributed by atoms with Crippen LogP contribution in [0, 0.1) is 0 Å². The molecule has 4 nitrogen and oxygen atoms in total. The van der Waals surface area contributed by atoms with E-state index in [4.69, 9.17) is 0 Å². The van der Waals surface area contributed by atoms with E-state index in [-0.39, 0.29) is 11.9 Å². The van der Waals surface area contributed by atoms with Gasteiger partial charge in [-0.2, -0.15) is 0 Å². The zero-order valence-corrected chi connectivity index (χ0v) is 11.0. The summed E-state index contributed by atoms with van der Waals surface area (Å²) < 4.78 is 0. The minimum Gasteiger partial charge on any atom is -0.341 e. The van der Waals surface area contributed by atoms with Gasteiger partial charge in [-0.3, -0.25) is 4.79 Å². The van der Waals surface area contributed by atoms with Crippen molar-refractivity contribution in [2.75, 3.05) is 33.7 Å². The van der Waals surface area contributed by atoms with Crippen molar-refractivity contribution in [2.24, 2.45) is 0 Å². The maximum absolute atomic E-state index is 11.8. The first-order valence-corrected chi connectivity index (χ1v) is 6.22. The molecule has 1 rings (SSSR count). The van der Waals surface area contributed by atoms with Crippen molar-refractivity contribution in [2.45, 2.75) is 38.8 Å². The van der Waals surface area contributed by atoms with E-state index in [1.807, 2.05) is 11.9 Å². The van der Waals surface area contributed by atoms with Gasteiger partial charge in [0.1, 0.15) is 0 Å². The Morgan fingerprint density at radius 3 is 2.75 bits per heavy atom. The first kappa shape index (κ1) is 13.5. The number of nitrogens with one attached hydrogen (secondary N) is 1. The van der Waals surface area contributed by atoms with Crippen molar-refractivity contribution in [3.8, 4) is 0 Å². The van der Waals surface area contributed by atoms with Crippen molar-refractivity contribution in [1.29, 1.82) is 0 Å². The third kappa shape index (κ3) is 3.46. The lowest BCUT2D eigenvalue weighted by Crippen LogP contribution is -2.37. The molecular weight excluding hydrogens is 202 g/mol. The summed E-state index contributed by atoms with van der Waals surface area (Å²) in [6.07, 6.45) is 2.02. The number of likely N-dealkylation sites (tertiary alicyclic amines) is 1. The van der Waals surface area contributed by atoms with E-state index in [2.05, 4.69) is 31.1 Å². The van der Waals surface area contributed by atoms with Gasteiger partial charge in [-0.05, 0) is 47.3 Å². The SMILES string of the molecule is CNC1CCN(CCCN(C)C(C)C)C1=O. The zero-order chi connectivity index (χ0) is 12.1. The number of rotatable bonds is 6. The molecule has 16 heavy (non-hydrogen) atoms. The molecule has 1 aliphatic rings. The largest absolute Gasteiger partial charge is 0.341 e. The van der Waals surface area contributed by atoms with E-state index >= 15 is 0 Å². The Morgan fingerprint density at radius 2 is 2.25 bits per heavy atom. The maximum atomic E-state index is 11.8. The summed E-state index contributed by atoms with van der Waals surface area (Å²) in [5, 5.41) is 3.06. The molecule has 0 aliphatic carbocycles. The van der Waals surface area contributed by atoms with E-state index in [1.165, 1.54) is 0 Å². The number of carbonyl (C=O) groups excluding carboxylic acids is 1. The second kappa shape index (κ2) is 6.21. The Labute approximate surface area is 99.0 Å². The van der Waals surface area contributed by atoms with Crippen LogP contribution in [-0.4, -0.2) is 61.5 Å². The smallest absolute Gasteiger partial charge is 0.239 e. The van der Waals surface area contributed by atoms with Crippen molar-refractivity contribution in [3.63, 3.8) is 0 Å². The fraction of sp³-hybridized carbons (Fsp3) is 0.917. The van der Waals surface area contributed by atoms with Crippen molar-refractivity contribution < 1.29 is 4.79 Å². The van der Waals surface area contributed by atoms with Gasteiger partial charge in [-0.1, -0.05) is 0 Å². The van der Waals surface area contributed by atoms with Gasteiger partial charge < -0.3 is 15.1 Å². The predicted molar refractivity (Wildman–Crippen MR) is 66.4 cm³/mol. The molecule has 94 valence electrons. The first-order valence-electron chi connectivity index (χ1n) is 6.22. The molecule has 0 spiro atoms. The topological polar surface area (TPSA) is 35.6 Å². The van der Waals surface area contributed by atoms with Crippen LogP contribution >= 0.6 is 0 Å². The van der Waals surface area contributed by atoms with E-state index < -0.39 is 0 Å². The van der Waals surface area contributed by atoms with Crippen molar-refractivity contribution in [3.05, 3.63) is 0 Å². The van der Waals surface area contributed by atoms with Gasteiger partial charge in [-0.25, -0.2) is 0 Å². The fourth-order valence-electron chi connectivity index (χ4n) is 2.00. The summed E-state index contributed by atoms with van der Waals surface area (Å²) in [7, 11) is 3.99. The molecule has 1 fully saturated rings. The Morgan fingerprint density at radius 1 is 1.56 bits per heavy atom. The Hall–Kier alpha value is -0.610. The van der Waals surface area contributed by atoms with Gasteiger partial charge in [0.25, 0.3) is 0 Å². The molecule has 0 aromatic carbocycles. The molecule has 1 amide bonds. The number of hydrogen-bond acceptors (Lipinski definition) is 3. The van der Waals surface area contributed by atoms with Gasteiger partial charge in [0.15, 0.2) is 0 Å². The molecule has 4 heteroatoms. The third-order valence-corrected chi connectivity index (χ3v) is 3.47. The standard InChI is InChI=1S/C12H25N3O/c1-10(2)14(4)7-5-8-15-9-6-11(13-3)12(15)16/h10-11,13H,5-9H2,1-4H3. The normalized spacial score (nSPS) is 21.5. The highest BCUT2D eigenvalue weighted by Crippen LogP contribution is 2.11. The van der Waals surface area contributed by atoms with E-state index in [9.17, 15) is 4.79 Å². The summed E-state index contributed by atoms with van der Waals surface area (Å²) in [6.45, 7) is 7.26. The Balaban J connectivity index is 2.22. The highest BCUT2D eigenvalue weighted by Gasteiger charge is 2.29. The van der Waals surface area contributed by atoms with Crippen LogP contribution in [0.1, 0.15) is 26.7 Å². The summed E-state index contributed by atoms with van der Waals surface area (Å²) in [4.78, 5) is 16.1. The van der Waals surface area contributed by atoms with E-state index in [0.29, 0.717) is 6.04 Å². The summed E-state index contributed by atoms with van der Waals surface area (Å²) in [6, 6.07) is 0.641. The van der Waals surface area contributed by atoms with Crippen LogP contribution in [0.15, 0.2) is 0 Å². The molecule has 1 N–H and O–H groups in total. The molecule has 0 aromatic heterocycles. The second-order valence-electron chi connectivity index (χ2n) is 4.88. The molecule has 1 saturated heterocycles. The average Bonchev–Trinajstić information content (AvgIpc) is 2.59. The Kier molecular flexibility index (Phi) is 5.22. The quantitative estimate of drug-likeness (QED) is 0.719. The van der Waals surface area contributed by atoms with Gasteiger partial charge in [0.2, 0.25) is 5.91 Å². The van der Waals surface area contributed by atoms with Crippen LogP contribution in [0.3, 0.4) is 0 Å². The monoisotopic (exact) mass is 227 g/mol. The minimum atomic E-state index is 0.0582.